The fourth-order valence-electron chi connectivity index (χ4n) is 1.87. The van der Waals surface area contributed by atoms with Crippen LogP contribution in [0.15, 0.2) is 18.2 Å². The highest BCUT2D eigenvalue weighted by molar-refractivity contribution is 5.50. The molecule has 2 aromatic rings. The number of nitro groups is 1. The third kappa shape index (κ3) is 3.12. The fourth-order valence-corrected chi connectivity index (χ4v) is 1.87. The van der Waals surface area contributed by atoms with Crippen LogP contribution in [0.1, 0.15) is 22.5 Å². The number of nitro benzene ring substituents is 1. The number of hydrogen-bond donors (Lipinski definition) is 0. The van der Waals surface area contributed by atoms with Crippen LogP contribution in [-0.4, -0.2) is 14.9 Å². The Bertz CT molecular complexity index is 766. The van der Waals surface area contributed by atoms with Crippen LogP contribution in [0.3, 0.4) is 0 Å². The molecule has 0 spiro atoms. The first-order valence-electron chi connectivity index (χ1n) is 6.10. The van der Waals surface area contributed by atoms with E-state index in [0.717, 1.165) is 5.56 Å². The topological polar surface area (TPSA) is 102 Å². The molecule has 1 aromatic carbocycles. The Labute approximate surface area is 121 Å². The molecule has 0 atom stereocenters. The van der Waals surface area contributed by atoms with Gasteiger partial charge in [-0.2, -0.15) is 10.2 Å². The van der Waals surface area contributed by atoms with Gasteiger partial charge < -0.3 is 4.74 Å². The highest BCUT2D eigenvalue weighted by Gasteiger charge is 2.16. The number of aryl methyl sites for hydroxylation is 3. The van der Waals surface area contributed by atoms with Gasteiger partial charge in [-0.3, -0.25) is 10.1 Å². The Kier molecular flexibility index (Phi) is 3.80. The maximum absolute atomic E-state index is 11.0. The molecule has 1 aromatic heterocycles. The van der Waals surface area contributed by atoms with Gasteiger partial charge in [0.2, 0.25) is 0 Å². The molecule has 0 aliphatic carbocycles. The lowest BCUT2D eigenvalue weighted by atomic mass is 10.1. The number of ether oxygens (including phenoxy) is 1. The van der Waals surface area contributed by atoms with Crippen LogP contribution in [0.4, 0.5) is 5.69 Å². The van der Waals surface area contributed by atoms with E-state index in [2.05, 4.69) is 9.97 Å². The molecule has 0 radical (unpaired) electrons. The molecule has 0 bridgehead atoms. The molecule has 1 heterocycles. The lowest BCUT2D eigenvalue weighted by Gasteiger charge is -2.09. The first-order chi connectivity index (χ1) is 9.90. The molecule has 0 fully saturated rings. The summed E-state index contributed by atoms with van der Waals surface area (Å²) in [5, 5.41) is 19.8. The van der Waals surface area contributed by atoms with Crippen molar-refractivity contribution in [2.45, 2.75) is 20.8 Å². The molecular formula is C14H12N4O3. The molecule has 2 rings (SSSR count). The molecule has 0 saturated heterocycles. The van der Waals surface area contributed by atoms with Gasteiger partial charge >= 0.3 is 6.01 Å². The van der Waals surface area contributed by atoms with Gasteiger partial charge in [0.05, 0.1) is 11.0 Å². The van der Waals surface area contributed by atoms with Crippen LogP contribution >= 0.6 is 0 Å². The van der Waals surface area contributed by atoms with Gasteiger partial charge in [0.15, 0.2) is 0 Å². The zero-order valence-electron chi connectivity index (χ0n) is 11.7. The van der Waals surface area contributed by atoms with Crippen molar-refractivity contribution < 1.29 is 9.66 Å². The molecule has 0 N–H and O–H groups in total. The Hall–Kier alpha value is -3.01. The van der Waals surface area contributed by atoms with E-state index < -0.39 is 4.92 Å². The van der Waals surface area contributed by atoms with E-state index in [9.17, 15) is 10.1 Å². The van der Waals surface area contributed by atoms with E-state index in [1.165, 1.54) is 12.1 Å². The summed E-state index contributed by atoms with van der Waals surface area (Å²) < 4.78 is 5.50. The molecule has 7 nitrogen and oxygen atoms in total. The SMILES string of the molecule is Cc1cc(C#N)nc(Oc2cc([N+](=O)[O-])c(C)cc2C)n1. The summed E-state index contributed by atoms with van der Waals surface area (Å²) in [6, 6.07) is 6.42. The van der Waals surface area contributed by atoms with Crippen molar-refractivity contribution >= 4 is 5.69 Å². The number of benzene rings is 1. The van der Waals surface area contributed by atoms with E-state index >= 15 is 0 Å². The van der Waals surface area contributed by atoms with Crippen molar-refractivity contribution in [3.05, 3.63) is 50.8 Å². The molecular weight excluding hydrogens is 272 g/mol. The Morgan fingerprint density at radius 2 is 1.90 bits per heavy atom. The summed E-state index contributed by atoms with van der Waals surface area (Å²) in [5.41, 5.74) is 1.99. The van der Waals surface area contributed by atoms with Gasteiger partial charge in [-0.15, -0.1) is 0 Å². The van der Waals surface area contributed by atoms with Crippen molar-refractivity contribution in [2.24, 2.45) is 0 Å². The number of aromatic nitrogens is 2. The van der Waals surface area contributed by atoms with Crippen LogP contribution < -0.4 is 4.74 Å². The molecule has 0 aliphatic rings. The van der Waals surface area contributed by atoms with E-state index in [0.29, 0.717) is 17.0 Å². The van der Waals surface area contributed by atoms with Crippen LogP contribution in [0.2, 0.25) is 0 Å². The minimum absolute atomic E-state index is 0.00667. The second-order valence-electron chi connectivity index (χ2n) is 4.55. The standard InChI is InChI=1S/C14H12N4O3/c1-8-4-9(2)13(6-12(8)18(19)20)21-14-16-10(3)5-11(7-15)17-14/h4-6H,1-3H3. The van der Waals surface area contributed by atoms with Crippen molar-refractivity contribution in [3.8, 4) is 17.8 Å². The molecule has 0 unspecified atom stereocenters. The molecule has 0 saturated carbocycles. The number of nitriles is 1. The monoisotopic (exact) mass is 284 g/mol. The van der Waals surface area contributed by atoms with Crippen LogP contribution in [-0.2, 0) is 0 Å². The van der Waals surface area contributed by atoms with Crippen molar-refractivity contribution in [3.63, 3.8) is 0 Å². The van der Waals surface area contributed by atoms with E-state index in [4.69, 9.17) is 10.00 Å². The van der Waals surface area contributed by atoms with Gasteiger partial charge in [0, 0.05) is 11.3 Å². The summed E-state index contributed by atoms with van der Waals surface area (Å²) in [7, 11) is 0. The molecule has 0 amide bonds. The second-order valence-corrected chi connectivity index (χ2v) is 4.55. The van der Waals surface area contributed by atoms with Crippen LogP contribution in [0.25, 0.3) is 0 Å². The van der Waals surface area contributed by atoms with Gasteiger partial charge in [0.1, 0.15) is 17.5 Å². The average Bonchev–Trinajstić information content (AvgIpc) is 2.40. The van der Waals surface area contributed by atoms with Crippen molar-refractivity contribution in [1.29, 1.82) is 5.26 Å². The molecule has 0 aliphatic heterocycles. The molecule has 106 valence electrons. The predicted octanol–water partition coefficient (Wildman–Crippen LogP) is 2.97. The Morgan fingerprint density at radius 1 is 1.19 bits per heavy atom. The highest BCUT2D eigenvalue weighted by atomic mass is 16.6. The third-order valence-corrected chi connectivity index (χ3v) is 2.84. The third-order valence-electron chi connectivity index (χ3n) is 2.84. The van der Waals surface area contributed by atoms with Crippen molar-refractivity contribution in [2.75, 3.05) is 0 Å². The number of hydrogen-bond acceptors (Lipinski definition) is 6. The Morgan fingerprint density at radius 3 is 2.52 bits per heavy atom. The maximum atomic E-state index is 11.0. The smallest absolute Gasteiger partial charge is 0.323 e. The highest BCUT2D eigenvalue weighted by Crippen LogP contribution is 2.30. The lowest BCUT2D eigenvalue weighted by Crippen LogP contribution is -1.99. The first kappa shape index (κ1) is 14.4. The minimum Gasteiger partial charge on any atom is -0.424 e. The first-order valence-corrected chi connectivity index (χ1v) is 6.10. The summed E-state index contributed by atoms with van der Waals surface area (Å²) in [6.07, 6.45) is 0. The summed E-state index contributed by atoms with van der Waals surface area (Å²) >= 11 is 0. The summed E-state index contributed by atoms with van der Waals surface area (Å²) in [5.74, 6) is 0.293. The lowest BCUT2D eigenvalue weighted by molar-refractivity contribution is -0.385. The normalized spacial score (nSPS) is 10.0. The summed E-state index contributed by atoms with van der Waals surface area (Å²) in [4.78, 5) is 18.5. The zero-order chi connectivity index (χ0) is 15.6. The quantitative estimate of drug-likeness (QED) is 0.634. The maximum Gasteiger partial charge on any atom is 0.323 e. The van der Waals surface area contributed by atoms with Gasteiger partial charge in [0.25, 0.3) is 5.69 Å². The van der Waals surface area contributed by atoms with Gasteiger partial charge in [-0.1, -0.05) is 0 Å². The second kappa shape index (κ2) is 5.54. The number of nitrogens with zero attached hydrogens (tertiary/aromatic N) is 4. The van der Waals surface area contributed by atoms with E-state index in [-0.39, 0.29) is 17.4 Å². The van der Waals surface area contributed by atoms with Crippen LogP contribution in [0.5, 0.6) is 11.8 Å². The van der Waals surface area contributed by atoms with Crippen LogP contribution in [0, 0.1) is 42.2 Å². The van der Waals surface area contributed by atoms with Crippen molar-refractivity contribution in [1.82, 2.24) is 9.97 Å². The van der Waals surface area contributed by atoms with Gasteiger partial charge in [-0.05, 0) is 38.5 Å². The molecule has 7 heteroatoms. The van der Waals surface area contributed by atoms with E-state index in [1.54, 1.807) is 26.8 Å². The summed E-state index contributed by atoms with van der Waals surface area (Å²) in [6.45, 7) is 5.14. The largest absolute Gasteiger partial charge is 0.424 e. The predicted molar refractivity (Wildman–Crippen MR) is 74.1 cm³/mol. The van der Waals surface area contributed by atoms with Gasteiger partial charge in [-0.25, -0.2) is 4.98 Å². The number of rotatable bonds is 3. The fraction of sp³-hybridized carbons (Fsp3) is 0.214. The van der Waals surface area contributed by atoms with E-state index in [1.807, 2.05) is 6.07 Å². The minimum atomic E-state index is -0.473. The molecule has 21 heavy (non-hydrogen) atoms. The zero-order valence-corrected chi connectivity index (χ0v) is 11.7. The Balaban J connectivity index is 2.44. The average molecular weight is 284 g/mol.